The van der Waals surface area contributed by atoms with Crippen LogP contribution in [0.4, 0.5) is 5.69 Å². The summed E-state index contributed by atoms with van der Waals surface area (Å²) < 4.78 is 38.5. The van der Waals surface area contributed by atoms with E-state index in [0.29, 0.717) is 34.1 Å². The molecule has 1 N–H and O–H groups in total. The summed E-state index contributed by atoms with van der Waals surface area (Å²) in [5.74, 6) is 1.26. The summed E-state index contributed by atoms with van der Waals surface area (Å²) in [4.78, 5) is 13.3. The van der Waals surface area contributed by atoms with Gasteiger partial charge in [-0.05, 0) is 54.6 Å². The second kappa shape index (κ2) is 11.1. The lowest BCUT2D eigenvalue weighted by molar-refractivity contribution is 0.102. The molecule has 4 rings (SSSR count). The molecule has 0 fully saturated rings. The summed E-state index contributed by atoms with van der Waals surface area (Å²) in [5, 5.41) is 2.88. The largest absolute Gasteiger partial charge is 0.496 e. The van der Waals surface area contributed by atoms with Crippen LogP contribution in [0.2, 0.25) is 0 Å². The highest BCUT2D eigenvalue weighted by atomic mass is 32.2. The second-order valence-electron chi connectivity index (χ2n) is 7.97. The number of rotatable bonds is 9. The number of anilines is 1. The third-order valence-electron chi connectivity index (χ3n) is 5.49. The van der Waals surface area contributed by atoms with Crippen LogP contribution in [-0.2, 0) is 16.6 Å². The summed E-state index contributed by atoms with van der Waals surface area (Å²) in [6, 6.07) is 29.5. The Bertz CT molecular complexity index is 1440. The molecule has 0 aliphatic heterocycles. The Morgan fingerprint density at radius 1 is 0.833 bits per heavy atom. The molecule has 184 valence electrons. The number of methoxy groups -OCH3 is 1. The Morgan fingerprint density at radius 3 is 2.17 bits per heavy atom. The lowest BCUT2D eigenvalue weighted by atomic mass is 10.1. The molecule has 0 heterocycles. The Balaban J connectivity index is 1.56. The fourth-order valence-corrected chi connectivity index (χ4v) is 4.78. The normalized spacial score (nSPS) is 11.2. The maximum absolute atomic E-state index is 13.1. The van der Waals surface area contributed by atoms with Gasteiger partial charge >= 0.3 is 0 Å². The van der Waals surface area contributed by atoms with Crippen molar-refractivity contribution in [1.82, 2.24) is 4.31 Å². The minimum absolute atomic E-state index is 0.0230. The fourth-order valence-electron chi connectivity index (χ4n) is 3.61. The molecule has 0 bridgehead atoms. The van der Waals surface area contributed by atoms with Crippen LogP contribution in [0.25, 0.3) is 0 Å². The number of para-hydroxylation sites is 3. The summed E-state index contributed by atoms with van der Waals surface area (Å²) in [5.41, 5.74) is 1.42. The number of ether oxygens (including phenoxy) is 2. The van der Waals surface area contributed by atoms with Gasteiger partial charge in [0, 0.05) is 24.7 Å². The molecule has 0 aliphatic carbocycles. The van der Waals surface area contributed by atoms with Crippen molar-refractivity contribution < 1.29 is 22.7 Å². The zero-order chi connectivity index (χ0) is 25.5. The fraction of sp³-hybridized carbons (Fsp3) is 0.107. The molecular formula is C28H26N2O5S. The van der Waals surface area contributed by atoms with Crippen molar-refractivity contribution in [2.75, 3.05) is 19.5 Å². The smallest absolute Gasteiger partial charge is 0.255 e. The predicted molar refractivity (Wildman–Crippen MR) is 139 cm³/mol. The van der Waals surface area contributed by atoms with Crippen LogP contribution in [0, 0.1) is 0 Å². The van der Waals surface area contributed by atoms with Gasteiger partial charge in [-0.1, -0.05) is 48.5 Å². The number of amides is 1. The van der Waals surface area contributed by atoms with Crippen LogP contribution in [0.1, 0.15) is 15.9 Å². The first-order valence-corrected chi connectivity index (χ1v) is 12.6. The SMILES string of the molecule is COc1ccc(C(=O)Nc2ccccc2Oc2ccccc2)cc1CN(C)S(=O)(=O)c1ccccc1. The van der Waals surface area contributed by atoms with Crippen molar-refractivity contribution in [3.8, 4) is 17.2 Å². The first-order chi connectivity index (χ1) is 17.4. The number of nitrogens with one attached hydrogen (secondary N) is 1. The van der Waals surface area contributed by atoms with Crippen molar-refractivity contribution in [1.29, 1.82) is 0 Å². The zero-order valence-electron chi connectivity index (χ0n) is 19.9. The quantitative estimate of drug-likeness (QED) is 0.324. The highest BCUT2D eigenvalue weighted by molar-refractivity contribution is 7.89. The van der Waals surface area contributed by atoms with Crippen LogP contribution in [0.5, 0.6) is 17.2 Å². The van der Waals surface area contributed by atoms with Gasteiger partial charge in [-0.15, -0.1) is 0 Å². The molecule has 1 amide bonds. The number of carbonyl (C=O) groups is 1. The molecule has 4 aromatic rings. The van der Waals surface area contributed by atoms with Gasteiger partial charge in [-0.2, -0.15) is 4.31 Å². The first kappa shape index (κ1) is 25.0. The summed E-state index contributed by atoms with van der Waals surface area (Å²) in [6.07, 6.45) is 0. The Morgan fingerprint density at radius 2 is 1.47 bits per heavy atom. The number of nitrogens with zero attached hydrogens (tertiary/aromatic N) is 1. The maximum atomic E-state index is 13.1. The Kier molecular flexibility index (Phi) is 7.68. The van der Waals surface area contributed by atoms with E-state index in [9.17, 15) is 13.2 Å². The minimum atomic E-state index is -3.72. The molecule has 36 heavy (non-hydrogen) atoms. The molecule has 7 nitrogen and oxygen atoms in total. The van der Waals surface area contributed by atoms with E-state index in [1.54, 1.807) is 66.7 Å². The predicted octanol–water partition coefficient (Wildman–Crippen LogP) is 5.56. The number of benzene rings is 4. The lowest BCUT2D eigenvalue weighted by Crippen LogP contribution is -2.27. The number of hydrogen-bond acceptors (Lipinski definition) is 5. The molecule has 8 heteroatoms. The van der Waals surface area contributed by atoms with Crippen molar-refractivity contribution >= 4 is 21.6 Å². The van der Waals surface area contributed by atoms with Crippen LogP contribution in [0.3, 0.4) is 0 Å². The zero-order valence-corrected chi connectivity index (χ0v) is 20.7. The molecular weight excluding hydrogens is 476 g/mol. The topological polar surface area (TPSA) is 84.9 Å². The number of sulfonamides is 1. The van der Waals surface area contributed by atoms with E-state index in [2.05, 4.69) is 5.32 Å². The third-order valence-corrected chi connectivity index (χ3v) is 7.31. The van der Waals surface area contributed by atoms with Gasteiger partial charge in [-0.3, -0.25) is 4.79 Å². The van der Waals surface area contributed by atoms with Crippen LogP contribution in [-0.4, -0.2) is 32.8 Å². The molecule has 0 aliphatic rings. The highest BCUT2D eigenvalue weighted by Gasteiger charge is 2.22. The number of hydrogen-bond donors (Lipinski definition) is 1. The molecule has 0 spiro atoms. The summed E-state index contributed by atoms with van der Waals surface area (Å²) >= 11 is 0. The van der Waals surface area contributed by atoms with Crippen molar-refractivity contribution in [2.45, 2.75) is 11.4 Å². The van der Waals surface area contributed by atoms with Crippen molar-refractivity contribution in [3.63, 3.8) is 0 Å². The van der Waals surface area contributed by atoms with Gasteiger partial charge in [0.05, 0.1) is 17.7 Å². The van der Waals surface area contributed by atoms with E-state index in [1.165, 1.54) is 18.5 Å². The lowest BCUT2D eigenvalue weighted by Gasteiger charge is -2.19. The van der Waals surface area contributed by atoms with Crippen LogP contribution >= 0.6 is 0 Å². The van der Waals surface area contributed by atoms with Gasteiger partial charge in [0.2, 0.25) is 10.0 Å². The minimum Gasteiger partial charge on any atom is -0.496 e. The molecule has 0 aromatic heterocycles. The van der Waals surface area contributed by atoms with Gasteiger partial charge < -0.3 is 14.8 Å². The molecule has 4 aromatic carbocycles. The number of carbonyl (C=O) groups excluding carboxylic acids is 1. The summed E-state index contributed by atoms with van der Waals surface area (Å²) in [7, 11) is -0.725. The van der Waals surface area contributed by atoms with Gasteiger partial charge in [0.15, 0.2) is 5.75 Å². The van der Waals surface area contributed by atoms with Crippen molar-refractivity contribution in [2.24, 2.45) is 0 Å². The molecule has 0 saturated carbocycles. The second-order valence-corrected chi connectivity index (χ2v) is 10.0. The molecule has 0 saturated heterocycles. The van der Waals surface area contributed by atoms with Gasteiger partial charge in [0.1, 0.15) is 11.5 Å². The van der Waals surface area contributed by atoms with Crippen molar-refractivity contribution in [3.05, 3.63) is 114 Å². The molecule has 0 atom stereocenters. The monoisotopic (exact) mass is 502 g/mol. The average molecular weight is 503 g/mol. The van der Waals surface area contributed by atoms with E-state index < -0.39 is 10.0 Å². The Hall–Kier alpha value is -4.14. The van der Waals surface area contributed by atoms with Crippen LogP contribution in [0.15, 0.2) is 108 Å². The van der Waals surface area contributed by atoms with E-state index in [-0.39, 0.29) is 17.3 Å². The summed E-state index contributed by atoms with van der Waals surface area (Å²) in [6.45, 7) is 0.0230. The Labute approximate surface area is 211 Å². The first-order valence-electron chi connectivity index (χ1n) is 11.2. The van der Waals surface area contributed by atoms with Crippen LogP contribution < -0.4 is 14.8 Å². The maximum Gasteiger partial charge on any atom is 0.255 e. The van der Waals surface area contributed by atoms with E-state index >= 15 is 0 Å². The van der Waals surface area contributed by atoms with E-state index in [0.717, 1.165) is 0 Å². The molecule has 0 radical (unpaired) electrons. The highest BCUT2D eigenvalue weighted by Crippen LogP contribution is 2.30. The van der Waals surface area contributed by atoms with E-state index in [4.69, 9.17) is 9.47 Å². The average Bonchev–Trinajstić information content (AvgIpc) is 2.90. The van der Waals surface area contributed by atoms with Gasteiger partial charge in [-0.25, -0.2) is 8.42 Å². The van der Waals surface area contributed by atoms with E-state index in [1.807, 2.05) is 36.4 Å². The van der Waals surface area contributed by atoms with Gasteiger partial charge in [0.25, 0.3) is 5.91 Å². The standard InChI is InChI=1S/C28H26N2O5S/c1-30(36(32,33)24-13-7-4-8-14-24)20-22-19-21(17-18-26(22)34-2)28(31)29-25-15-9-10-16-27(25)35-23-11-5-3-6-12-23/h3-19H,20H2,1-2H3,(H,29,31). The molecule has 0 unspecified atom stereocenters. The third kappa shape index (κ3) is 5.73.